The molecule has 1 aromatic carbocycles. The van der Waals surface area contributed by atoms with Crippen molar-refractivity contribution in [3.63, 3.8) is 0 Å². The van der Waals surface area contributed by atoms with Gasteiger partial charge in [0.1, 0.15) is 11.9 Å². The fourth-order valence-corrected chi connectivity index (χ4v) is 2.93. The molecule has 2 saturated heterocycles. The van der Waals surface area contributed by atoms with Crippen molar-refractivity contribution in [1.29, 1.82) is 0 Å². The van der Waals surface area contributed by atoms with Crippen molar-refractivity contribution in [2.75, 3.05) is 6.61 Å². The quantitative estimate of drug-likeness (QED) is 0.790. The van der Waals surface area contributed by atoms with E-state index in [0.29, 0.717) is 12.2 Å². The standard InChI is InChI=1S/C14H11FN2O4S/c15-8-3-1-7(2-4-8)12-16-17(14(22)21-12)9-5-10(18)13-19-6-11(9)20-13/h1-4,9,11,13H,5-6H2/t9-,11+,13+/m0/s1. The number of carbonyl (C=O) groups is 1. The maximum atomic E-state index is 13.0. The molecule has 0 amide bonds. The Kier molecular flexibility index (Phi) is 3.17. The molecule has 8 heteroatoms. The number of ketones is 1. The van der Waals surface area contributed by atoms with Gasteiger partial charge in [-0.3, -0.25) is 4.79 Å². The molecule has 22 heavy (non-hydrogen) atoms. The Labute approximate surface area is 129 Å². The molecule has 2 aliphatic rings. The van der Waals surface area contributed by atoms with Crippen LogP contribution < -0.4 is 0 Å². The summed E-state index contributed by atoms with van der Waals surface area (Å²) in [5, 5.41) is 4.32. The zero-order chi connectivity index (χ0) is 15.3. The van der Waals surface area contributed by atoms with Crippen molar-refractivity contribution in [2.45, 2.75) is 24.9 Å². The van der Waals surface area contributed by atoms with E-state index in [4.69, 9.17) is 26.1 Å². The summed E-state index contributed by atoms with van der Waals surface area (Å²) in [6, 6.07) is 5.39. The van der Waals surface area contributed by atoms with E-state index in [1.54, 1.807) is 12.1 Å². The number of halogens is 1. The molecule has 1 aromatic heterocycles. The van der Waals surface area contributed by atoms with Gasteiger partial charge in [0.25, 0.3) is 4.84 Å². The average molecular weight is 322 g/mol. The van der Waals surface area contributed by atoms with Crippen LogP contribution in [0.5, 0.6) is 0 Å². The predicted octanol–water partition coefficient (Wildman–Crippen LogP) is 2.27. The van der Waals surface area contributed by atoms with Gasteiger partial charge in [-0.15, -0.1) is 5.10 Å². The maximum absolute atomic E-state index is 13.0. The van der Waals surface area contributed by atoms with Crippen molar-refractivity contribution < 1.29 is 23.1 Å². The molecule has 3 heterocycles. The van der Waals surface area contributed by atoms with Crippen LogP contribution in [0.1, 0.15) is 12.5 Å². The number of rotatable bonds is 2. The largest absolute Gasteiger partial charge is 0.409 e. The summed E-state index contributed by atoms with van der Waals surface area (Å²) in [6.45, 7) is 0.321. The van der Waals surface area contributed by atoms with Crippen LogP contribution in [-0.2, 0) is 14.3 Å². The lowest BCUT2D eigenvalue weighted by atomic mass is 10.0. The highest BCUT2D eigenvalue weighted by Gasteiger charge is 2.45. The van der Waals surface area contributed by atoms with Gasteiger partial charge in [-0.25, -0.2) is 9.07 Å². The van der Waals surface area contributed by atoms with Crippen LogP contribution in [0.15, 0.2) is 28.7 Å². The number of hydrogen-bond acceptors (Lipinski definition) is 6. The third-order valence-electron chi connectivity index (χ3n) is 3.79. The topological polar surface area (TPSA) is 66.5 Å². The van der Waals surface area contributed by atoms with E-state index in [-0.39, 0.29) is 40.9 Å². The first-order valence-corrected chi connectivity index (χ1v) is 7.18. The minimum absolute atomic E-state index is 0.132. The summed E-state index contributed by atoms with van der Waals surface area (Å²) in [4.78, 5) is 12.0. The molecule has 0 unspecified atom stereocenters. The lowest BCUT2D eigenvalue weighted by molar-refractivity contribution is -0.156. The van der Waals surface area contributed by atoms with Crippen LogP contribution in [0.4, 0.5) is 4.39 Å². The molecule has 6 nitrogen and oxygen atoms in total. The lowest BCUT2D eigenvalue weighted by Gasteiger charge is -2.25. The number of carbonyl (C=O) groups excluding carboxylic acids is 1. The highest BCUT2D eigenvalue weighted by atomic mass is 32.1. The summed E-state index contributed by atoms with van der Waals surface area (Å²) in [5.41, 5.74) is 0.606. The van der Waals surface area contributed by atoms with Crippen LogP contribution in [0.2, 0.25) is 0 Å². The highest BCUT2D eigenvalue weighted by molar-refractivity contribution is 7.71. The molecule has 2 aromatic rings. The SMILES string of the molecule is O=C1C[C@H](n2nc(-c3ccc(F)cc3)oc2=S)[C@H]2CO[C@@H]1O2. The molecule has 2 aliphatic heterocycles. The summed E-state index contributed by atoms with van der Waals surface area (Å²) < 4.78 is 30.7. The van der Waals surface area contributed by atoms with Gasteiger partial charge < -0.3 is 13.9 Å². The van der Waals surface area contributed by atoms with E-state index in [1.807, 2.05) is 0 Å². The molecule has 0 saturated carbocycles. The van der Waals surface area contributed by atoms with Crippen molar-refractivity contribution in [3.05, 3.63) is 34.9 Å². The number of nitrogens with zero attached hydrogens (tertiary/aromatic N) is 2. The van der Waals surface area contributed by atoms with Crippen LogP contribution >= 0.6 is 12.2 Å². The minimum atomic E-state index is -0.765. The molecular weight excluding hydrogens is 311 g/mol. The van der Waals surface area contributed by atoms with Gasteiger partial charge in [0.15, 0.2) is 5.78 Å². The van der Waals surface area contributed by atoms with Gasteiger partial charge in [0.05, 0.1) is 12.6 Å². The van der Waals surface area contributed by atoms with E-state index in [0.717, 1.165) is 0 Å². The Balaban J connectivity index is 1.70. The Hall–Kier alpha value is -1.90. The van der Waals surface area contributed by atoms with Gasteiger partial charge in [0.2, 0.25) is 12.2 Å². The van der Waals surface area contributed by atoms with Crippen LogP contribution in [0, 0.1) is 10.7 Å². The molecule has 0 spiro atoms. The Morgan fingerprint density at radius 3 is 2.86 bits per heavy atom. The van der Waals surface area contributed by atoms with Crippen molar-refractivity contribution in [2.24, 2.45) is 0 Å². The molecule has 0 N–H and O–H groups in total. The first kappa shape index (κ1) is 13.7. The van der Waals surface area contributed by atoms with Gasteiger partial charge in [-0.1, -0.05) is 0 Å². The van der Waals surface area contributed by atoms with Crippen LogP contribution in [0.25, 0.3) is 11.5 Å². The highest BCUT2D eigenvalue weighted by Crippen LogP contribution is 2.33. The average Bonchev–Trinajstić information content (AvgIpc) is 3.09. The molecular formula is C14H11FN2O4S. The van der Waals surface area contributed by atoms with Gasteiger partial charge in [-0.05, 0) is 36.5 Å². The summed E-state index contributed by atoms with van der Waals surface area (Å²) in [5.74, 6) is -0.201. The molecule has 0 aliphatic carbocycles. The van der Waals surface area contributed by atoms with Crippen molar-refractivity contribution >= 4 is 18.0 Å². The first-order chi connectivity index (χ1) is 10.6. The second kappa shape index (κ2) is 5.08. The molecule has 4 rings (SSSR count). The first-order valence-electron chi connectivity index (χ1n) is 6.77. The number of aromatic nitrogens is 2. The zero-order valence-corrected chi connectivity index (χ0v) is 12.1. The maximum Gasteiger partial charge on any atom is 0.287 e. The third kappa shape index (κ3) is 2.20. The number of ether oxygens (including phenoxy) is 2. The fraction of sp³-hybridized carbons (Fsp3) is 0.357. The van der Waals surface area contributed by atoms with Crippen molar-refractivity contribution in [3.8, 4) is 11.5 Å². The summed E-state index contributed by atoms with van der Waals surface area (Å²) >= 11 is 5.18. The van der Waals surface area contributed by atoms with E-state index in [1.165, 1.54) is 16.8 Å². The molecule has 2 fully saturated rings. The smallest absolute Gasteiger partial charge is 0.287 e. The van der Waals surface area contributed by atoms with Gasteiger partial charge >= 0.3 is 0 Å². The van der Waals surface area contributed by atoms with Gasteiger partial charge in [0, 0.05) is 12.0 Å². The number of Topliss-reactive ketones (excluding diaryl/α,β-unsaturated/α-hetero) is 1. The van der Waals surface area contributed by atoms with E-state index < -0.39 is 6.29 Å². The second-order valence-electron chi connectivity index (χ2n) is 5.20. The normalized spacial score (nSPS) is 27.3. The van der Waals surface area contributed by atoms with Gasteiger partial charge in [-0.2, -0.15) is 0 Å². The Morgan fingerprint density at radius 1 is 1.32 bits per heavy atom. The minimum Gasteiger partial charge on any atom is -0.409 e. The third-order valence-corrected chi connectivity index (χ3v) is 4.06. The molecule has 0 radical (unpaired) electrons. The Bertz CT molecular complexity index is 785. The summed E-state index contributed by atoms with van der Waals surface area (Å²) in [6.07, 6.45) is -0.807. The van der Waals surface area contributed by atoms with E-state index >= 15 is 0 Å². The van der Waals surface area contributed by atoms with Crippen molar-refractivity contribution in [1.82, 2.24) is 9.78 Å². The number of benzene rings is 1. The van der Waals surface area contributed by atoms with Crippen LogP contribution in [0.3, 0.4) is 0 Å². The Morgan fingerprint density at radius 2 is 2.09 bits per heavy atom. The predicted molar refractivity (Wildman–Crippen MR) is 74.0 cm³/mol. The molecule has 2 bridgehead atoms. The van der Waals surface area contributed by atoms with Crippen LogP contribution in [-0.4, -0.2) is 34.6 Å². The number of fused-ring (bicyclic) bond motifs is 2. The van der Waals surface area contributed by atoms with E-state index in [2.05, 4.69) is 5.10 Å². The summed E-state index contributed by atoms with van der Waals surface area (Å²) in [7, 11) is 0. The fourth-order valence-electron chi connectivity index (χ4n) is 2.68. The monoisotopic (exact) mass is 322 g/mol. The zero-order valence-electron chi connectivity index (χ0n) is 11.3. The second-order valence-corrected chi connectivity index (χ2v) is 5.55. The molecule has 114 valence electrons. The molecule has 3 atom stereocenters. The van der Waals surface area contributed by atoms with E-state index in [9.17, 15) is 9.18 Å². The lowest BCUT2D eigenvalue weighted by Crippen LogP contribution is -2.37. The number of hydrogen-bond donors (Lipinski definition) is 0.